The molecule has 26 heavy (non-hydrogen) atoms. The molecule has 0 radical (unpaired) electrons. The zero-order chi connectivity index (χ0) is 18.7. The van der Waals surface area contributed by atoms with Gasteiger partial charge in [-0.05, 0) is 28.2 Å². The summed E-state index contributed by atoms with van der Waals surface area (Å²) in [5, 5.41) is 10.8. The molecule has 3 aromatic carbocycles. The molecule has 1 N–H and O–H groups in total. The fourth-order valence-corrected chi connectivity index (χ4v) is 3.27. The van der Waals surface area contributed by atoms with Crippen molar-refractivity contribution in [1.82, 2.24) is 0 Å². The van der Waals surface area contributed by atoms with Gasteiger partial charge in [0.05, 0.1) is 5.56 Å². The molecule has 0 heterocycles. The largest absolute Gasteiger partial charge is 0.507 e. The second kappa shape index (κ2) is 7.17. The van der Waals surface area contributed by atoms with Crippen LogP contribution < -0.4 is 0 Å². The van der Waals surface area contributed by atoms with Crippen molar-refractivity contribution in [2.75, 3.05) is 0 Å². The van der Waals surface area contributed by atoms with E-state index < -0.39 is 0 Å². The maximum absolute atomic E-state index is 11.6. The molecule has 0 aliphatic heterocycles. The highest BCUT2D eigenvalue weighted by Gasteiger charge is 2.25. The molecule has 0 aliphatic rings. The van der Waals surface area contributed by atoms with Crippen molar-refractivity contribution in [3.8, 4) is 5.75 Å². The normalized spacial score (nSPS) is 11.5. The average Bonchev–Trinajstić information content (AvgIpc) is 2.64. The molecule has 0 atom stereocenters. The summed E-state index contributed by atoms with van der Waals surface area (Å²) < 4.78 is 0. The van der Waals surface area contributed by atoms with Gasteiger partial charge in [0.1, 0.15) is 5.75 Å². The number of aromatic hydroxyl groups is 1. The molecular formula is C24H24O2. The third-order valence-corrected chi connectivity index (χ3v) is 4.74. The van der Waals surface area contributed by atoms with Gasteiger partial charge in [-0.1, -0.05) is 87.5 Å². The van der Waals surface area contributed by atoms with Crippen LogP contribution in [0.15, 0.2) is 72.8 Å². The number of hydrogen-bond donors (Lipinski definition) is 1. The van der Waals surface area contributed by atoms with Gasteiger partial charge in [-0.25, -0.2) is 0 Å². The third kappa shape index (κ3) is 3.55. The molecule has 0 saturated heterocycles. The summed E-state index contributed by atoms with van der Waals surface area (Å²) >= 11 is 0. The van der Waals surface area contributed by atoms with Crippen molar-refractivity contribution in [2.24, 2.45) is 0 Å². The topological polar surface area (TPSA) is 37.3 Å². The van der Waals surface area contributed by atoms with Gasteiger partial charge in [-0.3, -0.25) is 4.79 Å². The highest BCUT2D eigenvalue weighted by Crippen LogP contribution is 2.40. The Morgan fingerprint density at radius 1 is 0.846 bits per heavy atom. The van der Waals surface area contributed by atoms with Gasteiger partial charge in [-0.2, -0.15) is 0 Å². The first-order chi connectivity index (χ1) is 12.4. The van der Waals surface area contributed by atoms with Gasteiger partial charge >= 0.3 is 0 Å². The minimum atomic E-state index is -0.140. The molecule has 2 heteroatoms. The number of hydrogen-bond acceptors (Lipinski definition) is 2. The molecule has 0 spiro atoms. The van der Waals surface area contributed by atoms with Gasteiger partial charge < -0.3 is 5.11 Å². The van der Waals surface area contributed by atoms with E-state index in [4.69, 9.17) is 0 Å². The fourth-order valence-electron chi connectivity index (χ4n) is 3.27. The van der Waals surface area contributed by atoms with Crippen LogP contribution in [0.1, 0.15) is 59.3 Å². The lowest BCUT2D eigenvalue weighted by atomic mass is 9.79. The quantitative estimate of drug-likeness (QED) is 0.488. The van der Waals surface area contributed by atoms with Crippen LogP contribution >= 0.6 is 0 Å². The molecule has 0 aliphatic carbocycles. The Bertz CT molecular complexity index is 851. The maximum atomic E-state index is 11.6. The monoisotopic (exact) mass is 344 g/mol. The predicted octanol–water partition coefficient (Wildman–Crippen LogP) is 5.68. The van der Waals surface area contributed by atoms with E-state index >= 15 is 0 Å². The Morgan fingerprint density at radius 3 is 1.77 bits per heavy atom. The van der Waals surface area contributed by atoms with Gasteiger partial charge in [0, 0.05) is 11.5 Å². The van der Waals surface area contributed by atoms with Crippen molar-refractivity contribution in [2.45, 2.75) is 32.1 Å². The average molecular weight is 344 g/mol. The SMILES string of the molecule is CC(C)(C)c1cc(C=O)c(O)c(C(c2ccccc2)c2ccccc2)c1. The van der Waals surface area contributed by atoms with Crippen molar-refractivity contribution in [3.05, 3.63) is 101 Å². The molecule has 0 saturated carbocycles. The lowest BCUT2D eigenvalue weighted by Crippen LogP contribution is -2.14. The van der Waals surface area contributed by atoms with Gasteiger partial charge in [0.2, 0.25) is 0 Å². The molecular weight excluding hydrogens is 320 g/mol. The lowest BCUT2D eigenvalue weighted by Gasteiger charge is -2.25. The van der Waals surface area contributed by atoms with Crippen LogP contribution in [0.3, 0.4) is 0 Å². The molecule has 0 aromatic heterocycles. The van der Waals surface area contributed by atoms with Gasteiger partial charge in [0.15, 0.2) is 6.29 Å². The Balaban J connectivity index is 2.29. The Morgan fingerprint density at radius 2 is 1.35 bits per heavy atom. The van der Waals surface area contributed by atoms with Crippen molar-refractivity contribution in [3.63, 3.8) is 0 Å². The summed E-state index contributed by atoms with van der Waals surface area (Å²) in [4.78, 5) is 11.6. The van der Waals surface area contributed by atoms with Crippen LogP contribution in [0.25, 0.3) is 0 Å². The maximum Gasteiger partial charge on any atom is 0.153 e. The highest BCUT2D eigenvalue weighted by molar-refractivity contribution is 5.81. The molecule has 0 fully saturated rings. The molecule has 0 amide bonds. The number of benzene rings is 3. The van der Waals surface area contributed by atoms with Crippen molar-refractivity contribution in [1.29, 1.82) is 0 Å². The number of phenols is 1. The van der Waals surface area contributed by atoms with E-state index in [-0.39, 0.29) is 17.1 Å². The Labute approximate surface area is 155 Å². The molecule has 2 nitrogen and oxygen atoms in total. The van der Waals surface area contributed by atoms with Crippen LogP contribution in [-0.4, -0.2) is 11.4 Å². The predicted molar refractivity (Wildman–Crippen MR) is 106 cm³/mol. The third-order valence-electron chi connectivity index (χ3n) is 4.74. The van der Waals surface area contributed by atoms with E-state index in [1.54, 1.807) is 6.07 Å². The Kier molecular flexibility index (Phi) is 4.94. The van der Waals surface area contributed by atoms with Crippen LogP contribution in [0, 0.1) is 0 Å². The number of carbonyl (C=O) groups is 1. The second-order valence-electron chi connectivity index (χ2n) is 7.63. The molecule has 132 valence electrons. The summed E-state index contributed by atoms with van der Waals surface area (Å²) in [5.41, 5.74) is 4.16. The van der Waals surface area contributed by atoms with E-state index in [2.05, 4.69) is 45.0 Å². The van der Waals surface area contributed by atoms with Gasteiger partial charge in [0.25, 0.3) is 0 Å². The van der Waals surface area contributed by atoms with E-state index in [0.717, 1.165) is 28.5 Å². The zero-order valence-electron chi connectivity index (χ0n) is 15.4. The van der Waals surface area contributed by atoms with Gasteiger partial charge in [-0.15, -0.1) is 0 Å². The van der Waals surface area contributed by atoms with E-state index in [1.807, 2.05) is 42.5 Å². The highest BCUT2D eigenvalue weighted by atomic mass is 16.3. The first-order valence-corrected chi connectivity index (χ1v) is 8.84. The minimum absolute atomic E-state index is 0.0608. The summed E-state index contributed by atoms with van der Waals surface area (Å²) in [5.74, 6) is -0.0795. The number of carbonyl (C=O) groups excluding carboxylic acids is 1. The van der Waals surface area contributed by atoms with Crippen LogP contribution in [-0.2, 0) is 5.41 Å². The van der Waals surface area contributed by atoms with Crippen molar-refractivity contribution < 1.29 is 9.90 Å². The van der Waals surface area contributed by atoms with E-state index in [9.17, 15) is 9.90 Å². The van der Waals surface area contributed by atoms with Crippen LogP contribution in [0.5, 0.6) is 5.75 Å². The number of rotatable bonds is 4. The smallest absolute Gasteiger partial charge is 0.153 e. The second-order valence-corrected chi connectivity index (χ2v) is 7.63. The Hall–Kier alpha value is -2.87. The molecule has 0 unspecified atom stereocenters. The minimum Gasteiger partial charge on any atom is -0.507 e. The first kappa shape index (κ1) is 17.9. The summed E-state index contributed by atoms with van der Waals surface area (Å²) in [6, 6.07) is 24.0. The number of phenolic OH excluding ortho intramolecular Hbond substituents is 1. The zero-order valence-corrected chi connectivity index (χ0v) is 15.4. The van der Waals surface area contributed by atoms with E-state index in [1.165, 1.54) is 0 Å². The van der Waals surface area contributed by atoms with E-state index in [0.29, 0.717) is 5.56 Å². The standard InChI is InChI=1S/C24H24O2/c1-24(2,3)20-14-19(16-25)23(26)21(15-20)22(17-10-6-4-7-11-17)18-12-8-5-9-13-18/h4-16,22,26H,1-3H3. The molecule has 0 bridgehead atoms. The molecule has 3 rings (SSSR count). The molecule has 3 aromatic rings. The summed E-state index contributed by atoms with van der Waals surface area (Å²) in [6.07, 6.45) is 0.737. The van der Waals surface area contributed by atoms with Crippen molar-refractivity contribution >= 4 is 6.29 Å². The number of aldehydes is 1. The summed E-state index contributed by atoms with van der Waals surface area (Å²) in [6.45, 7) is 6.33. The first-order valence-electron chi connectivity index (χ1n) is 8.84. The summed E-state index contributed by atoms with van der Waals surface area (Å²) in [7, 11) is 0. The van der Waals surface area contributed by atoms with Crippen LogP contribution in [0.4, 0.5) is 0 Å². The van der Waals surface area contributed by atoms with Crippen LogP contribution in [0.2, 0.25) is 0 Å². The lowest BCUT2D eigenvalue weighted by molar-refractivity contribution is 0.112. The fraction of sp³-hybridized carbons (Fsp3) is 0.208.